The fourth-order valence-corrected chi connectivity index (χ4v) is 5.60. The van der Waals surface area contributed by atoms with Crippen LogP contribution in [0.3, 0.4) is 0 Å². The summed E-state index contributed by atoms with van der Waals surface area (Å²) in [5.41, 5.74) is 1.37. The Kier molecular flexibility index (Phi) is 5.76. The SMILES string of the molecule is O=C(NS(=O)(=O)C1CC1)c1cc(C2CC2)c(OC2CCCN(c3ccc(F)cc3)C2)cc1F. The van der Waals surface area contributed by atoms with E-state index in [2.05, 4.69) is 4.90 Å². The van der Waals surface area contributed by atoms with E-state index in [1.165, 1.54) is 24.3 Å². The zero-order chi connectivity index (χ0) is 23.2. The van der Waals surface area contributed by atoms with E-state index in [-0.39, 0.29) is 23.4 Å². The molecule has 1 unspecified atom stereocenters. The molecule has 1 atom stereocenters. The second kappa shape index (κ2) is 8.59. The van der Waals surface area contributed by atoms with E-state index >= 15 is 0 Å². The lowest BCUT2D eigenvalue weighted by Crippen LogP contribution is -2.41. The zero-order valence-electron chi connectivity index (χ0n) is 18.1. The van der Waals surface area contributed by atoms with Gasteiger partial charge in [0.1, 0.15) is 23.5 Å². The summed E-state index contributed by atoms with van der Waals surface area (Å²) in [7, 11) is -3.76. The topological polar surface area (TPSA) is 75.7 Å². The van der Waals surface area contributed by atoms with Crippen LogP contribution in [-0.4, -0.2) is 38.8 Å². The van der Waals surface area contributed by atoms with Crippen LogP contribution in [0, 0.1) is 11.6 Å². The molecule has 3 aliphatic rings. The molecule has 0 bridgehead atoms. The first-order chi connectivity index (χ1) is 15.8. The molecule has 1 N–H and O–H groups in total. The van der Waals surface area contributed by atoms with Crippen LogP contribution in [-0.2, 0) is 10.0 Å². The smallest absolute Gasteiger partial charge is 0.267 e. The Balaban J connectivity index is 1.34. The van der Waals surface area contributed by atoms with Gasteiger partial charge in [0, 0.05) is 18.3 Å². The van der Waals surface area contributed by atoms with Gasteiger partial charge >= 0.3 is 0 Å². The largest absolute Gasteiger partial charge is 0.488 e. The molecule has 5 rings (SSSR count). The van der Waals surface area contributed by atoms with Crippen molar-refractivity contribution in [2.24, 2.45) is 0 Å². The average molecular weight is 477 g/mol. The second-order valence-corrected chi connectivity index (χ2v) is 11.1. The number of sulfonamides is 1. The molecular formula is C24H26F2N2O4S. The summed E-state index contributed by atoms with van der Waals surface area (Å²) in [6.45, 7) is 1.41. The highest BCUT2D eigenvalue weighted by molar-refractivity contribution is 7.91. The van der Waals surface area contributed by atoms with Gasteiger partial charge in [0.25, 0.3) is 5.91 Å². The number of benzene rings is 2. The maximum absolute atomic E-state index is 14.9. The molecule has 6 nitrogen and oxygen atoms in total. The first kappa shape index (κ1) is 22.1. The van der Waals surface area contributed by atoms with Gasteiger partial charge in [-0.2, -0.15) is 0 Å². The number of carbonyl (C=O) groups is 1. The van der Waals surface area contributed by atoms with Gasteiger partial charge in [0.05, 0.1) is 17.4 Å². The summed E-state index contributed by atoms with van der Waals surface area (Å²) >= 11 is 0. The Bertz CT molecular complexity index is 1160. The predicted octanol–water partition coefficient (Wildman–Crippen LogP) is 4.11. The molecule has 0 aromatic heterocycles. The Morgan fingerprint density at radius 2 is 1.76 bits per heavy atom. The number of carbonyl (C=O) groups excluding carboxylic acids is 1. The van der Waals surface area contributed by atoms with Crippen LogP contribution in [0.2, 0.25) is 0 Å². The van der Waals surface area contributed by atoms with E-state index in [1.54, 1.807) is 12.1 Å². The molecule has 3 fully saturated rings. The number of hydrogen-bond donors (Lipinski definition) is 1. The standard InChI is InChI=1S/C24H26F2N2O4S/c25-16-5-7-17(8-6-16)28-11-1-2-18(14-28)32-23-13-22(26)21(12-20(23)15-3-4-15)24(29)27-33(30,31)19-9-10-19/h5-8,12-13,15,18-19H,1-4,9-11,14H2,(H,27,29). The van der Waals surface area contributed by atoms with Crippen molar-refractivity contribution in [3.05, 3.63) is 59.2 Å². The van der Waals surface area contributed by atoms with Crippen molar-refractivity contribution in [3.63, 3.8) is 0 Å². The van der Waals surface area contributed by atoms with Crippen LogP contribution >= 0.6 is 0 Å². The minimum Gasteiger partial charge on any atom is -0.488 e. The zero-order valence-corrected chi connectivity index (χ0v) is 18.9. The molecule has 1 heterocycles. The van der Waals surface area contributed by atoms with E-state index in [0.29, 0.717) is 25.1 Å². The predicted molar refractivity (Wildman–Crippen MR) is 120 cm³/mol. The Morgan fingerprint density at radius 3 is 2.42 bits per heavy atom. The van der Waals surface area contributed by atoms with Crippen molar-refractivity contribution in [2.75, 3.05) is 18.0 Å². The Hall–Kier alpha value is -2.68. The van der Waals surface area contributed by atoms with E-state index in [9.17, 15) is 22.0 Å². The van der Waals surface area contributed by atoms with Crippen LogP contribution < -0.4 is 14.4 Å². The number of halogens is 2. The van der Waals surface area contributed by atoms with Crippen molar-refractivity contribution in [3.8, 4) is 5.75 Å². The van der Waals surface area contributed by atoms with E-state index < -0.39 is 27.0 Å². The molecule has 9 heteroatoms. The molecular weight excluding hydrogens is 450 g/mol. The minimum absolute atomic E-state index is 0.170. The summed E-state index contributed by atoms with van der Waals surface area (Å²) in [5, 5.41) is -0.564. The third kappa shape index (κ3) is 4.98. The summed E-state index contributed by atoms with van der Waals surface area (Å²) in [6, 6.07) is 8.97. The second-order valence-electron chi connectivity index (χ2n) is 9.12. The highest BCUT2D eigenvalue weighted by Gasteiger charge is 2.38. The third-order valence-corrected chi connectivity index (χ3v) is 8.24. The average Bonchev–Trinajstić information content (AvgIpc) is 3.67. The van der Waals surface area contributed by atoms with Gasteiger partial charge < -0.3 is 9.64 Å². The molecule has 0 spiro atoms. The minimum atomic E-state index is -3.76. The van der Waals surface area contributed by atoms with Gasteiger partial charge in [-0.3, -0.25) is 4.79 Å². The maximum atomic E-state index is 14.9. The first-order valence-electron chi connectivity index (χ1n) is 11.4. The molecule has 1 amide bonds. The summed E-state index contributed by atoms with van der Waals surface area (Å²) in [6.07, 6.45) is 4.35. The lowest BCUT2D eigenvalue weighted by Gasteiger charge is -2.35. The Labute approximate surface area is 192 Å². The molecule has 176 valence electrons. The molecule has 1 aliphatic heterocycles. The summed E-state index contributed by atoms with van der Waals surface area (Å²) in [5.74, 6) is -1.45. The number of rotatable bonds is 7. The molecule has 2 saturated carbocycles. The van der Waals surface area contributed by atoms with Crippen molar-refractivity contribution in [1.29, 1.82) is 0 Å². The Morgan fingerprint density at radius 1 is 1.03 bits per heavy atom. The number of amides is 1. The highest BCUT2D eigenvalue weighted by atomic mass is 32.2. The summed E-state index contributed by atoms with van der Waals surface area (Å²) in [4.78, 5) is 14.6. The van der Waals surface area contributed by atoms with Crippen LogP contribution in [0.25, 0.3) is 0 Å². The van der Waals surface area contributed by atoms with Crippen molar-refractivity contribution in [1.82, 2.24) is 4.72 Å². The van der Waals surface area contributed by atoms with Crippen molar-refractivity contribution >= 4 is 21.6 Å². The highest BCUT2D eigenvalue weighted by Crippen LogP contribution is 2.45. The van der Waals surface area contributed by atoms with Gasteiger partial charge in [-0.25, -0.2) is 21.9 Å². The monoisotopic (exact) mass is 476 g/mol. The number of hydrogen-bond acceptors (Lipinski definition) is 5. The molecule has 1 saturated heterocycles. The van der Waals surface area contributed by atoms with Crippen molar-refractivity contribution in [2.45, 2.75) is 55.8 Å². The number of anilines is 1. The van der Waals surface area contributed by atoms with Crippen LogP contribution in [0.1, 0.15) is 60.4 Å². The normalized spacial score (nSPS) is 21.0. The number of piperidine rings is 1. The molecule has 2 aromatic rings. The van der Waals surface area contributed by atoms with Crippen LogP contribution in [0.4, 0.5) is 14.5 Å². The molecule has 2 aliphatic carbocycles. The van der Waals surface area contributed by atoms with E-state index in [4.69, 9.17) is 4.74 Å². The number of nitrogens with zero attached hydrogens (tertiary/aromatic N) is 1. The van der Waals surface area contributed by atoms with Gasteiger partial charge in [-0.15, -0.1) is 0 Å². The molecule has 0 radical (unpaired) electrons. The number of nitrogens with one attached hydrogen (secondary N) is 1. The fourth-order valence-electron chi connectivity index (χ4n) is 4.31. The lowest BCUT2D eigenvalue weighted by molar-refractivity contribution is 0.0977. The quantitative estimate of drug-likeness (QED) is 0.651. The van der Waals surface area contributed by atoms with Crippen molar-refractivity contribution < 1.29 is 26.7 Å². The van der Waals surface area contributed by atoms with Gasteiger partial charge in [-0.05, 0) is 80.3 Å². The van der Waals surface area contributed by atoms with Crippen LogP contribution in [0.5, 0.6) is 5.75 Å². The molecule has 33 heavy (non-hydrogen) atoms. The van der Waals surface area contributed by atoms with E-state index in [0.717, 1.165) is 43.5 Å². The maximum Gasteiger partial charge on any atom is 0.267 e. The lowest BCUT2D eigenvalue weighted by atomic mass is 10.0. The van der Waals surface area contributed by atoms with E-state index in [1.807, 2.05) is 4.72 Å². The van der Waals surface area contributed by atoms with Gasteiger partial charge in [-0.1, -0.05) is 0 Å². The first-order valence-corrected chi connectivity index (χ1v) is 12.9. The summed E-state index contributed by atoms with van der Waals surface area (Å²) < 4.78 is 60.6. The number of ether oxygens (including phenoxy) is 1. The van der Waals surface area contributed by atoms with Gasteiger partial charge in [0.2, 0.25) is 10.0 Å². The fraction of sp³-hybridized carbons (Fsp3) is 0.458. The van der Waals surface area contributed by atoms with Gasteiger partial charge in [0.15, 0.2) is 0 Å². The molecule has 2 aromatic carbocycles. The third-order valence-electron chi connectivity index (χ3n) is 6.42. The van der Waals surface area contributed by atoms with Crippen LogP contribution in [0.15, 0.2) is 36.4 Å².